The molecule has 3 nitrogen and oxygen atoms in total. The number of rotatable bonds is 6. The molecule has 7 heteroatoms. The van der Waals surface area contributed by atoms with Crippen LogP contribution >= 0.6 is 11.8 Å². The number of nitrogens with one attached hydrogen (secondary N) is 1. The van der Waals surface area contributed by atoms with E-state index in [0.717, 1.165) is 42.8 Å². The first kappa shape index (κ1) is 19.7. The molecule has 3 rings (SSSR count). The van der Waals surface area contributed by atoms with Crippen molar-refractivity contribution in [3.63, 3.8) is 0 Å². The number of benzene rings is 1. The fraction of sp³-hybridized carbons (Fsp3) is 0.400. The summed E-state index contributed by atoms with van der Waals surface area (Å²) in [4.78, 5) is 9.35. The average molecular weight is 393 g/mol. The van der Waals surface area contributed by atoms with Crippen LogP contribution in [-0.4, -0.2) is 28.5 Å². The second kappa shape index (κ2) is 7.92. The van der Waals surface area contributed by atoms with Crippen molar-refractivity contribution in [1.29, 1.82) is 0 Å². The molecule has 1 aromatic heterocycles. The number of halogens is 3. The van der Waals surface area contributed by atoms with Crippen molar-refractivity contribution in [3.05, 3.63) is 53.1 Å². The van der Waals surface area contributed by atoms with E-state index in [4.69, 9.17) is 0 Å². The summed E-state index contributed by atoms with van der Waals surface area (Å²) in [6.07, 6.45) is 3.78. The van der Waals surface area contributed by atoms with Gasteiger partial charge in [0, 0.05) is 35.3 Å². The molecule has 0 saturated heterocycles. The Labute approximate surface area is 161 Å². The zero-order chi connectivity index (χ0) is 19.6. The molecule has 1 aliphatic rings. The molecule has 144 valence electrons. The Hall–Kier alpha value is -2.02. The van der Waals surface area contributed by atoms with Gasteiger partial charge in [-0.15, -0.1) is 11.8 Å². The first-order valence-electron chi connectivity index (χ1n) is 8.80. The van der Waals surface area contributed by atoms with Gasteiger partial charge in [0.25, 0.3) is 5.92 Å². The lowest BCUT2D eigenvalue weighted by molar-refractivity contribution is 0.0492. The third-order valence-corrected chi connectivity index (χ3v) is 5.46. The van der Waals surface area contributed by atoms with Gasteiger partial charge < -0.3 is 5.32 Å². The van der Waals surface area contributed by atoms with E-state index in [1.165, 1.54) is 12.1 Å². The molecule has 1 saturated carbocycles. The van der Waals surface area contributed by atoms with E-state index in [1.807, 2.05) is 19.1 Å². The molecule has 27 heavy (non-hydrogen) atoms. The second-order valence-corrected chi connectivity index (χ2v) is 8.01. The number of alkyl halides is 2. The lowest BCUT2D eigenvalue weighted by atomic mass is 10.2. The SMILES string of the molecule is Cc1ccc(/C(=N/c2cc(SCC(C)(F)F)c(C)cc2F)NC2CC2)cn1. The van der Waals surface area contributed by atoms with Gasteiger partial charge in [0.2, 0.25) is 0 Å². The monoisotopic (exact) mass is 393 g/mol. The summed E-state index contributed by atoms with van der Waals surface area (Å²) in [6.45, 7) is 4.47. The lowest BCUT2D eigenvalue weighted by Crippen LogP contribution is -2.26. The summed E-state index contributed by atoms with van der Waals surface area (Å²) in [7, 11) is 0. The van der Waals surface area contributed by atoms with Crippen molar-refractivity contribution in [2.24, 2.45) is 4.99 Å². The van der Waals surface area contributed by atoms with Crippen molar-refractivity contribution in [1.82, 2.24) is 10.3 Å². The molecule has 1 heterocycles. The normalized spacial score (nSPS) is 15.1. The number of pyridine rings is 1. The summed E-state index contributed by atoms with van der Waals surface area (Å²) >= 11 is 1.01. The highest BCUT2D eigenvalue weighted by atomic mass is 32.2. The van der Waals surface area contributed by atoms with Gasteiger partial charge in [-0.2, -0.15) is 0 Å². The van der Waals surface area contributed by atoms with Crippen molar-refractivity contribution >= 4 is 23.3 Å². The van der Waals surface area contributed by atoms with Crippen LogP contribution in [0.25, 0.3) is 0 Å². The minimum atomic E-state index is -2.79. The predicted molar refractivity (Wildman–Crippen MR) is 104 cm³/mol. The van der Waals surface area contributed by atoms with Crippen LogP contribution < -0.4 is 5.32 Å². The Morgan fingerprint density at radius 3 is 2.63 bits per heavy atom. The molecule has 0 bridgehead atoms. The Morgan fingerprint density at radius 2 is 2.04 bits per heavy atom. The van der Waals surface area contributed by atoms with Gasteiger partial charge in [-0.1, -0.05) is 0 Å². The molecule has 1 aliphatic carbocycles. The number of thioether (sulfide) groups is 1. The van der Waals surface area contributed by atoms with Crippen LogP contribution in [0.4, 0.5) is 18.9 Å². The van der Waals surface area contributed by atoms with E-state index in [0.29, 0.717) is 22.3 Å². The van der Waals surface area contributed by atoms with Crippen LogP contribution in [-0.2, 0) is 0 Å². The molecule has 0 spiro atoms. The van der Waals surface area contributed by atoms with E-state index in [1.54, 1.807) is 13.1 Å². The number of hydrogen-bond acceptors (Lipinski definition) is 3. The van der Waals surface area contributed by atoms with Gasteiger partial charge >= 0.3 is 0 Å². The molecular weight excluding hydrogens is 371 g/mol. The minimum Gasteiger partial charge on any atom is -0.367 e. The summed E-state index contributed by atoms with van der Waals surface area (Å²) in [5, 5.41) is 3.31. The number of aliphatic imine (C=N–C) groups is 1. The standard InChI is InChI=1S/C20H22F3N3S/c1-12-8-16(21)17(9-18(12)27-11-20(3,22)23)26-19(25-15-6-7-15)14-5-4-13(2)24-10-14/h4-5,8-10,15H,6-7,11H2,1-3H3,(H,25,26). The molecule has 2 aromatic rings. The Bertz CT molecular complexity index is 841. The number of nitrogens with zero attached hydrogens (tertiary/aromatic N) is 2. The van der Waals surface area contributed by atoms with Gasteiger partial charge in [-0.3, -0.25) is 4.98 Å². The number of hydrogen-bond donors (Lipinski definition) is 1. The highest BCUT2D eigenvalue weighted by molar-refractivity contribution is 7.99. The van der Waals surface area contributed by atoms with E-state index < -0.39 is 11.7 Å². The van der Waals surface area contributed by atoms with E-state index in [-0.39, 0.29) is 11.4 Å². The molecule has 1 aromatic carbocycles. The Kier molecular flexibility index (Phi) is 5.79. The maximum Gasteiger partial charge on any atom is 0.254 e. The topological polar surface area (TPSA) is 37.3 Å². The quantitative estimate of drug-likeness (QED) is 0.405. The number of aryl methyl sites for hydroxylation is 2. The molecular formula is C20H22F3N3S. The number of amidine groups is 1. The molecule has 0 aliphatic heterocycles. The van der Waals surface area contributed by atoms with Crippen LogP contribution in [0.3, 0.4) is 0 Å². The van der Waals surface area contributed by atoms with Crippen molar-refractivity contribution in [3.8, 4) is 0 Å². The fourth-order valence-electron chi connectivity index (χ4n) is 2.42. The van der Waals surface area contributed by atoms with Gasteiger partial charge in [0.15, 0.2) is 0 Å². The molecule has 0 unspecified atom stereocenters. The maximum atomic E-state index is 14.5. The van der Waals surface area contributed by atoms with Crippen molar-refractivity contribution < 1.29 is 13.2 Å². The van der Waals surface area contributed by atoms with Gasteiger partial charge in [-0.05, 0) is 56.5 Å². The summed E-state index contributed by atoms with van der Waals surface area (Å²) in [6, 6.07) is 6.96. The minimum absolute atomic E-state index is 0.131. The van der Waals surface area contributed by atoms with Crippen LogP contribution in [0.1, 0.15) is 36.6 Å². The molecule has 0 atom stereocenters. The summed E-state index contributed by atoms with van der Waals surface area (Å²) in [5.41, 5.74) is 2.40. The first-order valence-corrected chi connectivity index (χ1v) is 9.79. The first-order chi connectivity index (χ1) is 12.7. The molecule has 0 radical (unpaired) electrons. The van der Waals surface area contributed by atoms with Crippen LogP contribution in [0, 0.1) is 19.7 Å². The largest absolute Gasteiger partial charge is 0.367 e. The molecule has 0 amide bonds. The second-order valence-electron chi connectivity index (χ2n) is 7.00. The summed E-state index contributed by atoms with van der Waals surface area (Å²) < 4.78 is 40.9. The lowest BCUT2D eigenvalue weighted by Gasteiger charge is -2.13. The smallest absolute Gasteiger partial charge is 0.254 e. The van der Waals surface area contributed by atoms with Crippen LogP contribution in [0.5, 0.6) is 0 Å². The average Bonchev–Trinajstić information content (AvgIpc) is 3.39. The van der Waals surface area contributed by atoms with Crippen LogP contribution in [0.2, 0.25) is 0 Å². The Balaban J connectivity index is 1.94. The zero-order valence-electron chi connectivity index (χ0n) is 15.5. The summed E-state index contributed by atoms with van der Waals surface area (Å²) in [5.74, 6) is -3.08. The van der Waals surface area contributed by atoms with E-state index in [9.17, 15) is 13.2 Å². The Morgan fingerprint density at radius 1 is 1.30 bits per heavy atom. The number of aromatic nitrogens is 1. The van der Waals surface area contributed by atoms with Gasteiger partial charge in [0.05, 0.1) is 5.75 Å². The third-order valence-electron chi connectivity index (χ3n) is 4.06. The van der Waals surface area contributed by atoms with Crippen molar-refractivity contribution in [2.75, 3.05) is 5.75 Å². The van der Waals surface area contributed by atoms with Gasteiger partial charge in [-0.25, -0.2) is 18.2 Å². The predicted octanol–water partition coefficient (Wildman–Crippen LogP) is 5.42. The highest BCUT2D eigenvalue weighted by Gasteiger charge is 2.24. The van der Waals surface area contributed by atoms with Gasteiger partial charge in [0.1, 0.15) is 17.3 Å². The van der Waals surface area contributed by atoms with Crippen LogP contribution in [0.15, 0.2) is 40.4 Å². The molecule has 1 N–H and O–H groups in total. The van der Waals surface area contributed by atoms with Crippen molar-refractivity contribution in [2.45, 2.75) is 50.5 Å². The molecule has 1 fully saturated rings. The van der Waals surface area contributed by atoms with E-state index >= 15 is 0 Å². The maximum absolute atomic E-state index is 14.5. The zero-order valence-corrected chi connectivity index (χ0v) is 16.3. The highest BCUT2D eigenvalue weighted by Crippen LogP contribution is 2.33. The van der Waals surface area contributed by atoms with E-state index in [2.05, 4.69) is 15.3 Å². The third kappa shape index (κ3) is 5.73. The fourth-order valence-corrected chi connectivity index (χ4v) is 3.31.